The fourth-order valence-electron chi connectivity index (χ4n) is 3.06. The van der Waals surface area contributed by atoms with Crippen LogP contribution in [0.1, 0.15) is 37.4 Å². The Morgan fingerprint density at radius 3 is 2.56 bits per heavy atom. The van der Waals surface area contributed by atoms with E-state index in [0.717, 1.165) is 29.2 Å². The van der Waals surface area contributed by atoms with Crippen LogP contribution < -0.4 is 14.8 Å². The van der Waals surface area contributed by atoms with Crippen LogP contribution in [0, 0.1) is 5.92 Å². The molecule has 1 heterocycles. The Bertz CT molecular complexity index is 748. The summed E-state index contributed by atoms with van der Waals surface area (Å²) in [6.07, 6.45) is 0.882. The van der Waals surface area contributed by atoms with Gasteiger partial charge in [-0.1, -0.05) is 50.2 Å². The molecule has 144 valence electrons. The van der Waals surface area contributed by atoms with Gasteiger partial charge >= 0.3 is 0 Å². The first-order chi connectivity index (χ1) is 13.1. The highest BCUT2D eigenvalue weighted by Gasteiger charge is 2.21. The molecule has 0 aromatic heterocycles. The number of nitrogens with one attached hydrogen (secondary N) is 1. The lowest BCUT2D eigenvalue weighted by atomic mass is 9.95. The summed E-state index contributed by atoms with van der Waals surface area (Å²) in [5.41, 5.74) is 2.29. The molecule has 0 fully saturated rings. The second kappa shape index (κ2) is 9.70. The van der Waals surface area contributed by atoms with E-state index in [-0.39, 0.29) is 17.9 Å². The number of carbonyl (C=O) groups excluding carboxylic acids is 1. The Kier molecular flexibility index (Phi) is 7.04. The third-order valence-electron chi connectivity index (χ3n) is 4.46. The highest BCUT2D eigenvalue weighted by molar-refractivity contribution is 7.99. The summed E-state index contributed by atoms with van der Waals surface area (Å²) in [4.78, 5) is 12.5. The number of benzene rings is 2. The van der Waals surface area contributed by atoms with Crippen molar-refractivity contribution < 1.29 is 14.3 Å². The first-order valence-corrected chi connectivity index (χ1v) is 10.6. The number of amides is 1. The molecular formula is C22H27NO3S. The maximum absolute atomic E-state index is 12.5. The molecule has 1 N–H and O–H groups in total. The molecule has 1 atom stereocenters. The van der Waals surface area contributed by atoms with Crippen LogP contribution in [0.25, 0.3) is 0 Å². The van der Waals surface area contributed by atoms with Gasteiger partial charge in [-0.15, -0.1) is 11.8 Å². The summed E-state index contributed by atoms with van der Waals surface area (Å²) < 4.78 is 11.5. The average Bonchev–Trinajstić information content (AvgIpc) is 2.91. The number of hydrogen-bond acceptors (Lipinski definition) is 4. The van der Waals surface area contributed by atoms with E-state index < -0.39 is 0 Å². The predicted molar refractivity (Wildman–Crippen MR) is 110 cm³/mol. The molecule has 0 saturated heterocycles. The predicted octanol–water partition coefficient (Wildman–Crippen LogP) is 4.59. The second-order valence-corrected chi connectivity index (χ2v) is 8.01. The molecule has 3 rings (SSSR count). The smallest absolute Gasteiger partial charge is 0.230 e. The molecule has 0 saturated carbocycles. The third kappa shape index (κ3) is 5.67. The van der Waals surface area contributed by atoms with E-state index >= 15 is 0 Å². The third-order valence-corrected chi connectivity index (χ3v) is 5.46. The van der Waals surface area contributed by atoms with Crippen molar-refractivity contribution in [3.63, 3.8) is 0 Å². The number of fused-ring (bicyclic) bond motifs is 1. The Morgan fingerprint density at radius 2 is 1.81 bits per heavy atom. The summed E-state index contributed by atoms with van der Waals surface area (Å²) in [5, 5.41) is 3.19. The van der Waals surface area contributed by atoms with Crippen molar-refractivity contribution in [3.05, 3.63) is 59.7 Å². The van der Waals surface area contributed by atoms with Crippen LogP contribution in [0.2, 0.25) is 0 Å². The summed E-state index contributed by atoms with van der Waals surface area (Å²) >= 11 is 1.63. The van der Waals surface area contributed by atoms with E-state index in [1.807, 2.05) is 36.4 Å². The van der Waals surface area contributed by atoms with Gasteiger partial charge in [0.05, 0.1) is 25.0 Å². The number of thioether (sulfide) groups is 1. The van der Waals surface area contributed by atoms with Crippen molar-refractivity contribution in [3.8, 4) is 11.5 Å². The number of hydrogen-bond donors (Lipinski definition) is 1. The monoisotopic (exact) mass is 385 g/mol. The molecule has 4 nitrogen and oxygen atoms in total. The molecular weight excluding hydrogens is 358 g/mol. The van der Waals surface area contributed by atoms with E-state index in [2.05, 4.69) is 31.3 Å². The number of ether oxygens (including phenoxy) is 2. The van der Waals surface area contributed by atoms with Gasteiger partial charge in [0.2, 0.25) is 5.91 Å². The molecule has 0 radical (unpaired) electrons. The van der Waals surface area contributed by atoms with Gasteiger partial charge in [-0.05, 0) is 29.2 Å². The molecule has 1 aliphatic heterocycles. The van der Waals surface area contributed by atoms with Crippen LogP contribution in [-0.4, -0.2) is 24.9 Å². The molecule has 1 aliphatic rings. The number of rotatable bonds is 7. The van der Waals surface area contributed by atoms with Gasteiger partial charge in [-0.3, -0.25) is 4.79 Å². The highest BCUT2D eigenvalue weighted by Crippen LogP contribution is 2.34. The topological polar surface area (TPSA) is 47.6 Å². The minimum absolute atomic E-state index is 0.0491. The Labute approximate surface area is 165 Å². The van der Waals surface area contributed by atoms with E-state index in [1.54, 1.807) is 11.8 Å². The van der Waals surface area contributed by atoms with Gasteiger partial charge in [0.15, 0.2) is 11.5 Å². The van der Waals surface area contributed by atoms with Gasteiger partial charge in [0.25, 0.3) is 0 Å². The zero-order valence-electron chi connectivity index (χ0n) is 15.9. The van der Waals surface area contributed by atoms with E-state index in [0.29, 0.717) is 19.0 Å². The molecule has 5 heteroatoms. The molecule has 27 heavy (non-hydrogen) atoms. The van der Waals surface area contributed by atoms with Gasteiger partial charge < -0.3 is 14.8 Å². The van der Waals surface area contributed by atoms with Crippen molar-refractivity contribution >= 4 is 17.7 Å². The Hall–Kier alpha value is -2.14. The summed E-state index contributed by atoms with van der Waals surface area (Å²) in [7, 11) is 0. The fourth-order valence-corrected chi connectivity index (χ4v) is 3.86. The lowest BCUT2D eigenvalue weighted by Crippen LogP contribution is -2.33. The highest BCUT2D eigenvalue weighted by atomic mass is 32.2. The van der Waals surface area contributed by atoms with Crippen LogP contribution in [0.4, 0.5) is 0 Å². The van der Waals surface area contributed by atoms with Crippen molar-refractivity contribution in [2.45, 2.75) is 32.1 Å². The van der Waals surface area contributed by atoms with Crippen LogP contribution in [0.5, 0.6) is 11.5 Å². The molecule has 0 bridgehead atoms. The van der Waals surface area contributed by atoms with Crippen molar-refractivity contribution in [2.75, 3.05) is 19.0 Å². The van der Waals surface area contributed by atoms with E-state index in [1.165, 1.54) is 5.56 Å². The normalized spacial score (nSPS) is 14.5. The van der Waals surface area contributed by atoms with Crippen molar-refractivity contribution in [2.24, 2.45) is 5.92 Å². The minimum atomic E-state index is -0.0491. The number of carbonyl (C=O) groups is 1. The lowest BCUT2D eigenvalue weighted by molar-refractivity contribution is -0.119. The lowest BCUT2D eigenvalue weighted by Gasteiger charge is -2.24. The van der Waals surface area contributed by atoms with Crippen LogP contribution in [-0.2, 0) is 10.5 Å². The fraction of sp³-hybridized carbons (Fsp3) is 0.409. The molecule has 1 amide bonds. The molecule has 0 spiro atoms. The van der Waals surface area contributed by atoms with Crippen LogP contribution >= 0.6 is 11.8 Å². The molecule has 2 aromatic carbocycles. The van der Waals surface area contributed by atoms with E-state index in [4.69, 9.17) is 9.47 Å². The van der Waals surface area contributed by atoms with Crippen LogP contribution in [0.3, 0.4) is 0 Å². The quantitative estimate of drug-likeness (QED) is 0.757. The maximum atomic E-state index is 12.5. The van der Waals surface area contributed by atoms with E-state index in [9.17, 15) is 4.79 Å². The van der Waals surface area contributed by atoms with Gasteiger partial charge in [-0.25, -0.2) is 0 Å². The summed E-state index contributed by atoms with van der Waals surface area (Å²) in [6.45, 7) is 5.57. The first kappa shape index (κ1) is 19.6. The molecule has 0 unspecified atom stereocenters. The maximum Gasteiger partial charge on any atom is 0.230 e. The van der Waals surface area contributed by atoms with Gasteiger partial charge in [0, 0.05) is 12.2 Å². The van der Waals surface area contributed by atoms with Crippen molar-refractivity contribution in [1.82, 2.24) is 5.32 Å². The standard InChI is InChI=1S/C22H27NO3S/c1-16(2)22(18-9-10-19-20(13-18)26-12-6-11-25-19)23-21(24)15-27-14-17-7-4-3-5-8-17/h3-5,7-10,13,16,22H,6,11-12,14-15H2,1-2H3,(H,23,24)/t22-/m1/s1. The Morgan fingerprint density at radius 1 is 1.07 bits per heavy atom. The van der Waals surface area contributed by atoms with Crippen molar-refractivity contribution in [1.29, 1.82) is 0 Å². The second-order valence-electron chi connectivity index (χ2n) is 7.02. The zero-order chi connectivity index (χ0) is 19.1. The van der Waals surface area contributed by atoms with Gasteiger partial charge in [-0.2, -0.15) is 0 Å². The minimum Gasteiger partial charge on any atom is -0.490 e. The molecule has 2 aromatic rings. The summed E-state index contributed by atoms with van der Waals surface area (Å²) in [5.74, 6) is 3.17. The first-order valence-electron chi connectivity index (χ1n) is 9.44. The Balaban J connectivity index is 1.60. The zero-order valence-corrected chi connectivity index (χ0v) is 16.8. The van der Waals surface area contributed by atoms with Gasteiger partial charge in [0.1, 0.15) is 0 Å². The SMILES string of the molecule is CC(C)[C@@H](NC(=O)CSCc1ccccc1)c1ccc2c(c1)OCCCO2. The van der Waals surface area contributed by atoms with Crippen LogP contribution in [0.15, 0.2) is 48.5 Å². The molecule has 0 aliphatic carbocycles. The average molecular weight is 386 g/mol. The largest absolute Gasteiger partial charge is 0.490 e. The summed E-state index contributed by atoms with van der Waals surface area (Å²) in [6, 6.07) is 16.1.